The second-order valence-electron chi connectivity index (χ2n) is 12.1. The monoisotopic (exact) mass is 558 g/mol. The van der Waals surface area contributed by atoms with E-state index in [0.717, 1.165) is 91.7 Å². The van der Waals surface area contributed by atoms with Crippen LogP contribution < -0.4 is 10.1 Å². The first kappa shape index (κ1) is 27.8. The standard InChI is InChI=1S/C33H42N4O4/c1-21-15-26-24(20-41-32(26)16-22(21)2)19-40-31-6-4-5-28-27(31)17-29(35-28)33(39)34-25-7-10-36(11-8-25)13-14-37-12-9-30(38)23(3)18-37/h4-6,15-17,20,23,25,30,35,38H,7-14,18-19H2,1-3H3,(H,34,39)/t23-,30-/m0/s1. The maximum Gasteiger partial charge on any atom is 0.267 e. The molecule has 2 aromatic heterocycles. The third kappa shape index (κ3) is 6.15. The molecule has 0 unspecified atom stereocenters. The fraction of sp³-hybridized carbons (Fsp3) is 0.485. The molecule has 2 fully saturated rings. The molecule has 0 saturated carbocycles. The van der Waals surface area contributed by atoms with E-state index in [1.807, 2.05) is 24.3 Å². The van der Waals surface area contributed by atoms with Gasteiger partial charge >= 0.3 is 0 Å². The second-order valence-corrected chi connectivity index (χ2v) is 12.1. The molecule has 2 aliphatic heterocycles. The van der Waals surface area contributed by atoms with E-state index in [0.29, 0.717) is 18.2 Å². The summed E-state index contributed by atoms with van der Waals surface area (Å²) < 4.78 is 12.0. The fourth-order valence-corrected chi connectivity index (χ4v) is 6.25. The normalized spacial score (nSPS) is 21.1. The molecule has 4 aromatic rings. The molecule has 2 atom stereocenters. The average molecular weight is 559 g/mol. The van der Waals surface area contributed by atoms with Crippen LogP contribution in [0.4, 0.5) is 0 Å². The van der Waals surface area contributed by atoms with Gasteiger partial charge in [-0.1, -0.05) is 13.0 Å². The van der Waals surface area contributed by atoms with Crippen molar-refractivity contribution in [2.75, 3.05) is 39.3 Å². The van der Waals surface area contributed by atoms with Crippen LogP contribution in [0.15, 0.2) is 47.1 Å². The highest BCUT2D eigenvalue weighted by Gasteiger charge is 2.26. The van der Waals surface area contributed by atoms with E-state index in [1.165, 1.54) is 11.1 Å². The van der Waals surface area contributed by atoms with Crippen molar-refractivity contribution in [1.82, 2.24) is 20.1 Å². The quantitative estimate of drug-likeness (QED) is 0.282. The number of H-pyrrole nitrogens is 1. The number of aliphatic hydroxyl groups is 1. The maximum atomic E-state index is 13.2. The topological polar surface area (TPSA) is 94.0 Å². The minimum Gasteiger partial charge on any atom is -0.488 e. The van der Waals surface area contributed by atoms with Gasteiger partial charge in [0.2, 0.25) is 0 Å². The lowest BCUT2D eigenvalue weighted by atomic mass is 9.97. The number of aliphatic hydroxyl groups excluding tert-OH is 1. The molecule has 8 heteroatoms. The molecule has 8 nitrogen and oxygen atoms in total. The van der Waals surface area contributed by atoms with E-state index in [1.54, 1.807) is 6.26 Å². The van der Waals surface area contributed by atoms with Crippen LogP contribution in [0.1, 0.15) is 53.4 Å². The van der Waals surface area contributed by atoms with Crippen LogP contribution in [0.25, 0.3) is 21.9 Å². The molecule has 6 rings (SSSR count). The lowest BCUT2D eigenvalue weighted by Gasteiger charge is -2.37. The number of ether oxygens (including phenoxy) is 1. The largest absolute Gasteiger partial charge is 0.488 e. The third-order valence-electron chi connectivity index (χ3n) is 9.12. The van der Waals surface area contributed by atoms with Gasteiger partial charge in [0.1, 0.15) is 23.6 Å². The van der Waals surface area contributed by atoms with Gasteiger partial charge < -0.3 is 34.4 Å². The minimum atomic E-state index is -0.154. The van der Waals surface area contributed by atoms with Crippen molar-refractivity contribution in [2.45, 2.75) is 58.8 Å². The first-order valence-corrected chi connectivity index (χ1v) is 15.0. The molecule has 41 heavy (non-hydrogen) atoms. The molecule has 218 valence electrons. The fourth-order valence-electron chi connectivity index (χ4n) is 6.25. The highest BCUT2D eigenvalue weighted by atomic mass is 16.5. The van der Waals surface area contributed by atoms with Crippen molar-refractivity contribution in [1.29, 1.82) is 0 Å². The number of benzene rings is 2. The number of hydrogen-bond acceptors (Lipinski definition) is 6. The predicted molar refractivity (Wildman–Crippen MR) is 161 cm³/mol. The summed E-state index contributed by atoms with van der Waals surface area (Å²) in [5, 5.41) is 15.2. The van der Waals surface area contributed by atoms with Crippen molar-refractivity contribution in [2.24, 2.45) is 5.92 Å². The van der Waals surface area contributed by atoms with Crippen molar-refractivity contribution in [3.05, 3.63) is 65.0 Å². The molecule has 0 bridgehead atoms. The van der Waals surface area contributed by atoms with Crippen LogP contribution in [0.2, 0.25) is 0 Å². The van der Waals surface area contributed by atoms with E-state index in [9.17, 15) is 9.90 Å². The van der Waals surface area contributed by atoms with Gasteiger partial charge in [0.05, 0.1) is 12.4 Å². The first-order valence-electron chi connectivity index (χ1n) is 15.0. The predicted octanol–water partition coefficient (Wildman–Crippen LogP) is 5.01. The molecule has 0 spiro atoms. The molecule has 4 heterocycles. The minimum absolute atomic E-state index is 0.0712. The summed E-state index contributed by atoms with van der Waals surface area (Å²) >= 11 is 0. The number of hydrogen-bond donors (Lipinski definition) is 3. The summed E-state index contributed by atoms with van der Waals surface area (Å²) in [5.74, 6) is 1.02. The Morgan fingerprint density at radius 1 is 1.05 bits per heavy atom. The number of aromatic nitrogens is 1. The van der Waals surface area contributed by atoms with Crippen LogP contribution in [-0.4, -0.2) is 77.2 Å². The number of aryl methyl sites for hydroxylation is 2. The maximum absolute atomic E-state index is 13.2. The molecular weight excluding hydrogens is 516 g/mol. The zero-order chi connectivity index (χ0) is 28.5. The Kier molecular flexibility index (Phi) is 8.06. The number of furan rings is 1. The van der Waals surface area contributed by atoms with Gasteiger partial charge in [-0.3, -0.25) is 4.79 Å². The van der Waals surface area contributed by atoms with Gasteiger partial charge in [0, 0.05) is 67.2 Å². The molecule has 0 radical (unpaired) electrons. The van der Waals surface area contributed by atoms with Crippen molar-refractivity contribution in [3.8, 4) is 5.75 Å². The number of piperidine rings is 2. The Labute approximate surface area is 241 Å². The number of nitrogens with one attached hydrogen (secondary N) is 2. The van der Waals surface area contributed by atoms with E-state index in [-0.39, 0.29) is 18.1 Å². The van der Waals surface area contributed by atoms with Gasteiger partial charge in [-0.05, 0) is 80.5 Å². The molecule has 2 saturated heterocycles. The Morgan fingerprint density at radius 2 is 1.80 bits per heavy atom. The molecule has 2 aromatic carbocycles. The Morgan fingerprint density at radius 3 is 2.61 bits per heavy atom. The van der Waals surface area contributed by atoms with Gasteiger partial charge in [-0.25, -0.2) is 0 Å². The number of fused-ring (bicyclic) bond motifs is 2. The molecule has 0 aliphatic carbocycles. The van der Waals surface area contributed by atoms with E-state index >= 15 is 0 Å². The molecule has 3 N–H and O–H groups in total. The summed E-state index contributed by atoms with van der Waals surface area (Å²) in [7, 11) is 0. The SMILES string of the molecule is Cc1cc2occ(COc3cccc4[nH]c(C(=O)NC5CCN(CCN6CC[C@H](O)[C@@H](C)C6)CC5)cc34)c2cc1C. The Balaban J connectivity index is 1.03. The lowest BCUT2D eigenvalue weighted by Crippen LogP contribution is -2.48. The van der Waals surface area contributed by atoms with E-state index < -0.39 is 0 Å². The van der Waals surface area contributed by atoms with Crippen LogP contribution in [0, 0.1) is 19.8 Å². The van der Waals surface area contributed by atoms with Crippen LogP contribution in [-0.2, 0) is 6.61 Å². The number of likely N-dealkylation sites (tertiary alicyclic amines) is 2. The number of nitrogens with zero attached hydrogens (tertiary/aromatic N) is 2. The van der Waals surface area contributed by atoms with Gasteiger partial charge in [-0.15, -0.1) is 0 Å². The van der Waals surface area contributed by atoms with Crippen molar-refractivity contribution < 1.29 is 19.1 Å². The summed E-state index contributed by atoms with van der Waals surface area (Å²) in [6, 6.07) is 12.1. The molecule has 1 amide bonds. The Hall–Kier alpha value is -3.33. The van der Waals surface area contributed by atoms with E-state index in [4.69, 9.17) is 9.15 Å². The van der Waals surface area contributed by atoms with Gasteiger partial charge in [0.25, 0.3) is 5.91 Å². The van der Waals surface area contributed by atoms with Gasteiger partial charge in [0.15, 0.2) is 0 Å². The number of carbonyl (C=O) groups is 1. The summed E-state index contributed by atoms with van der Waals surface area (Å²) in [4.78, 5) is 21.4. The Bertz CT molecular complexity index is 1520. The lowest BCUT2D eigenvalue weighted by molar-refractivity contribution is 0.0301. The van der Waals surface area contributed by atoms with Crippen LogP contribution in [0.5, 0.6) is 5.75 Å². The number of amides is 1. The highest BCUT2D eigenvalue weighted by Crippen LogP contribution is 2.30. The first-order chi connectivity index (χ1) is 19.8. The average Bonchev–Trinajstić information content (AvgIpc) is 3.58. The van der Waals surface area contributed by atoms with E-state index in [2.05, 4.69) is 53.0 Å². The van der Waals surface area contributed by atoms with Crippen molar-refractivity contribution >= 4 is 27.8 Å². The smallest absolute Gasteiger partial charge is 0.267 e. The zero-order valence-corrected chi connectivity index (χ0v) is 24.4. The number of rotatable bonds is 8. The molecule has 2 aliphatic rings. The summed E-state index contributed by atoms with van der Waals surface area (Å²) in [6.45, 7) is 12.7. The zero-order valence-electron chi connectivity index (χ0n) is 24.4. The second kappa shape index (κ2) is 11.9. The van der Waals surface area contributed by atoms with Crippen LogP contribution >= 0.6 is 0 Å². The summed E-state index contributed by atoms with van der Waals surface area (Å²) in [6.07, 6.45) is 4.39. The number of aromatic amines is 1. The number of carbonyl (C=O) groups excluding carboxylic acids is 1. The van der Waals surface area contributed by atoms with Gasteiger partial charge in [-0.2, -0.15) is 0 Å². The van der Waals surface area contributed by atoms with Crippen LogP contribution in [0.3, 0.4) is 0 Å². The molecular formula is C33H42N4O4. The third-order valence-corrected chi connectivity index (χ3v) is 9.12. The van der Waals surface area contributed by atoms with Crippen molar-refractivity contribution in [3.63, 3.8) is 0 Å². The summed E-state index contributed by atoms with van der Waals surface area (Å²) in [5.41, 5.74) is 5.74. The highest BCUT2D eigenvalue weighted by molar-refractivity contribution is 5.99.